The van der Waals surface area contributed by atoms with Crippen LogP contribution >= 0.6 is 0 Å². The van der Waals surface area contributed by atoms with Crippen LogP contribution in [0.2, 0.25) is 0 Å². The summed E-state index contributed by atoms with van der Waals surface area (Å²) < 4.78 is 40.6. The van der Waals surface area contributed by atoms with Gasteiger partial charge in [-0.05, 0) is 19.1 Å². The highest BCUT2D eigenvalue weighted by atomic mass is 19.4. The van der Waals surface area contributed by atoms with Gasteiger partial charge in [-0.25, -0.2) is 4.79 Å². The van der Waals surface area contributed by atoms with Crippen LogP contribution in [0.15, 0.2) is 18.2 Å². The first kappa shape index (κ1) is 15.8. The number of aromatic carboxylic acids is 1. The zero-order valence-electron chi connectivity index (χ0n) is 10.5. The van der Waals surface area contributed by atoms with Crippen LogP contribution in [0, 0.1) is 6.92 Å². The van der Waals surface area contributed by atoms with E-state index in [4.69, 9.17) is 9.84 Å². The minimum Gasteiger partial charge on any atom is -0.483 e. The van der Waals surface area contributed by atoms with Gasteiger partial charge in [-0.15, -0.1) is 0 Å². The highest BCUT2D eigenvalue weighted by Crippen LogP contribution is 2.21. The van der Waals surface area contributed by atoms with E-state index in [-0.39, 0.29) is 11.3 Å². The van der Waals surface area contributed by atoms with Gasteiger partial charge in [-0.3, -0.25) is 4.79 Å². The van der Waals surface area contributed by atoms with Crippen molar-refractivity contribution in [2.45, 2.75) is 13.1 Å². The number of ether oxygens (including phenoxy) is 1. The van der Waals surface area contributed by atoms with E-state index in [0.29, 0.717) is 5.56 Å². The van der Waals surface area contributed by atoms with Crippen LogP contribution in [0.5, 0.6) is 5.75 Å². The lowest BCUT2D eigenvalue weighted by atomic mass is 10.1. The Kier molecular flexibility index (Phi) is 4.95. The predicted octanol–water partition coefficient (Wildman–Crippen LogP) is 1.75. The molecule has 1 rings (SSSR count). The fraction of sp³-hybridized carbons (Fsp3) is 0.333. The normalized spacial score (nSPS) is 11.0. The number of amides is 1. The Morgan fingerprint density at radius 3 is 2.55 bits per heavy atom. The summed E-state index contributed by atoms with van der Waals surface area (Å²) in [6.07, 6.45) is -4.49. The molecule has 0 heterocycles. The Bertz CT molecular complexity index is 514. The maximum absolute atomic E-state index is 11.9. The highest BCUT2D eigenvalue weighted by molar-refractivity contribution is 5.90. The molecule has 0 spiro atoms. The molecular weight excluding hydrogens is 279 g/mol. The molecule has 0 saturated heterocycles. The molecule has 0 aliphatic heterocycles. The Labute approximate surface area is 112 Å². The fourth-order valence-electron chi connectivity index (χ4n) is 1.40. The van der Waals surface area contributed by atoms with Crippen molar-refractivity contribution in [3.8, 4) is 5.75 Å². The number of hydrogen-bond donors (Lipinski definition) is 2. The van der Waals surface area contributed by atoms with Crippen LogP contribution in [0.1, 0.15) is 15.9 Å². The quantitative estimate of drug-likeness (QED) is 0.866. The van der Waals surface area contributed by atoms with Crippen molar-refractivity contribution < 1.29 is 32.6 Å². The van der Waals surface area contributed by atoms with E-state index in [1.54, 1.807) is 5.32 Å². The van der Waals surface area contributed by atoms with E-state index in [1.165, 1.54) is 25.1 Å². The summed E-state index contributed by atoms with van der Waals surface area (Å²) in [6.45, 7) is -0.588. The lowest BCUT2D eigenvalue weighted by molar-refractivity contribution is -0.139. The summed E-state index contributed by atoms with van der Waals surface area (Å²) in [5, 5.41) is 10.5. The lowest BCUT2D eigenvalue weighted by Gasteiger charge is -2.12. The van der Waals surface area contributed by atoms with Crippen LogP contribution < -0.4 is 10.1 Å². The molecule has 20 heavy (non-hydrogen) atoms. The van der Waals surface area contributed by atoms with E-state index >= 15 is 0 Å². The molecule has 0 fully saturated rings. The van der Waals surface area contributed by atoms with Crippen LogP contribution in [0.25, 0.3) is 0 Å². The summed E-state index contributed by atoms with van der Waals surface area (Å²) in [6, 6.07) is 4.20. The Balaban J connectivity index is 2.60. The van der Waals surface area contributed by atoms with Gasteiger partial charge < -0.3 is 15.2 Å². The van der Waals surface area contributed by atoms with Gasteiger partial charge in [-0.2, -0.15) is 13.2 Å². The molecule has 5 nitrogen and oxygen atoms in total. The molecule has 0 bridgehead atoms. The summed E-state index contributed by atoms with van der Waals surface area (Å²) in [4.78, 5) is 22.0. The topological polar surface area (TPSA) is 75.6 Å². The van der Waals surface area contributed by atoms with Gasteiger partial charge in [0.25, 0.3) is 5.91 Å². The molecule has 0 unspecified atom stereocenters. The van der Waals surface area contributed by atoms with Crippen LogP contribution in [0.3, 0.4) is 0 Å². The Hall–Kier alpha value is -2.25. The molecule has 1 aromatic carbocycles. The molecule has 0 atom stereocenters. The minimum absolute atomic E-state index is 0.00167. The molecule has 0 aliphatic carbocycles. The second-order valence-electron chi connectivity index (χ2n) is 3.91. The molecular formula is C12H12F3NO4. The second-order valence-corrected chi connectivity index (χ2v) is 3.91. The Morgan fingerprint density at radius 2 is 2.00 bits per heavy atom. The van der Waals surface area contributed by atoms with E-state index < -0.39 is 31.2 Å². The first-order valence-electron chi connectivity index (χ1n) is 5.50. The Morgan fingerprint density at radius 1 is 1.35 bits per heavy atom. The van der Waals surface area contributed by atoms with Crippen molar-refractivity contribution in [1.29, 1.82) is 0 Å². The number of carboxylic acids is 1. The fourth-order valence-corrected chi connectivity index (χ4v) is 1.40. The molecule has 1 amide bonds. The lowest BCUT2D eigenvalue weighted by Crippen LogP contribution is -2.36. The first-order chi connectivity index (χ1) is 9.20. The number of nitrogens with one attached hydrogen (secondary N) is 1. The van der Waals surface area contributed by atoms with Crippen molar-refractivity contribution in [1.82, 2.24) is 5.32 Å². The number of rotatable bonds is 5. The van der Waals surface area contributed by atoms with Crippen LogP contribution in [-0.2, 0) is 4.79 Å². The number of carbonyl (C=O) groups is 2. The van der Waals surface area contributed by atoms with Crippen LogP contribution in [0.4, 0.5) is 13.2 Å². The molecule has 2 N–H and O–H groups in total. The number of hydrogen-bond acceptors (Lipinski definition) is 3. The summed E-state index contributed by atoms with van der Waals surface area (Å²) >= 11 is 0. The SMILES string of the molecule is Cc1c(OCC(=O)NCC(F)(F)F)cccc1C(=O)O. The third kappa shape index (κ3) is 4.79. The molecule has 0 aromatic heterocycles. The monoisotopic (exact) mass is 291 g/mol. The number of alkyl halides is 3. The number of carboxylic acid groups (broad SMARTS) is 1. The van der Waals surface area contributed by atoms with Gasteiger partial charge in [0, 0.05) is 5.56 Å². The van der Waals surface area contributed by atoms with Crippen molar-refractivity contribution in [2.75, 3.05) is 13.2 Å². The minimum atomic E-state index is -4.49. The zero-order valence-corrected chi connectivity index (χ0v) is 10.5. The van der Waals surface area contributed by atoms with Crippen molar-refractivity contribution in [3.05, 3.63) is 29.3 Å². The molecule has 1 aromatic rings. The van der Waals surface area contributed by atoms with Gasteiger partial charge in [0.1, 0.15) is 12.3 Å². The maximum Gasteiger partial charge on any atom is 0.405 e. The zero-order chi connectivity index (χ0) is 15.3. The van der Waals surface area contributed by atoms with Crippen molar-refractivity contribution >= 4 is 11.9 Å². The molecule has 0 aliphatic rings. The third-order valence-electron chi connectivity index (χ3n) is 2.36. The van der Waals surface area contributed by atoms with Crippen molar-refractivity contribution in [2.24, 2.45) is 0 Å². The van der Waals surface area contributed by atoms with Gasteiger partial charge in [0.05, 0.1) is 5.56 Å². The molecule has 8 heteroatoms. The van der Waals surface area contributed by atoms with Gasteiger partial charge in [0.2, 0.25) is 0 Å². The molecule has 110 valence electrons. The van der Waals surface area contributed by atoms with Gasteiger partial charge in [-0.1, -0.05) is 6.07 Å². The highest BCUT2D eigenvalue weighted by Gasteiger charge is 2.27. The standard InChI is InChI=1S/C12H12F3NO4/c1-7-8(11(18)19)3-2-4-9(7)20-5-10(17)16-6-12(13,14)15/h2-4H,5-6H2,1H3,(H,16,17)(H,18,19). The van der Waals surface area contributed by atoms with E-state index in [9.17, 15) is 22.8 Å². The molecule has 0 saturated carbocycles. The van der Waals surface area contributed by atoms with E-state index in [1.807, 2.05) is 0 Å². The van der Waals surface area contributed by atoms with Gasteiger partial charge in [0.15, 0.2) is 6.61 Å². The molecule has 0 radical (unpaired) electrons. The number of carbonyl (C=O) groups excluding carboxylic acids is 1. The maximum atomic E-state index is 11.9. The largest absolute Gasteiger partial charge is 0.483 e. The first-order valence-corrected chi connectivity index (χ1v) is 5.50. The smallest absolute Gasteiger partial charge is 0.405 e. The van der Waals surface area contributed by atoms with Gasteiger partial charge >= 0.3 is 12.1 Å². The predicted molar refractivity (Wildman–Crippen MR) is 62.7 cm³/mol. The average Bonchev–Trinajstić information content (AvgIpc) is 2.34. The van der Waals surface area contributed by atoms with E-state index in [2.05, 4.69) is 0 Å². The third-order valence-corrected chi connectivity index (χ3v) is 2.36. The summed E-state index contributed by atoms with van der Waals surface area (Å²) in [5.41, 5.74) is 0.293. The number of benzene rings is 1. The summed E-state index contributed by atoms with van der Waals surface area (Å²) in [7, 11) is 0. The second kappa shape index (κ2) is 6.27. The van der Waals surface area contributed by atoms with Crippen LogP contribution in [-0.4, -0.2) is 36.3 Å². The summed E-state index contributed by atoms with van der Waals surface area (Å²) in [5.74, 6) is -1.97. The average molecular weight is 291 g/mol. The van der Waals surface area contributed by atoms with Crippen molar-refractivity contribution in [3.63, 3.8) is 0 Å². The number of halogens is 3. The van der Waals surface area contributed by atoms with E-state index in [0.717, 1.165) is 0 Å².